The van der Waals surface area contributed by atoms with Crippen molar-refractivity contribution in [2.24, 2.45) is 0 Å². The van der Waals surface area contributed by atoms with E-state index < -0.39 is 6.10 Å². The number of carbonyl (C=O) groups excluding carboxylic acids is 1. The maximum absolute atomic E-state index is 12.2. The van der Waals surface area contributed by atoms with Crippen LogP contribution in [-0.4, -0.2) is 42.4 Å². The van der Waals surface area contributed by atoms with Gasteiger partial charge in [0, 0.05) is 42.6 Å². The number of nitrogens with zero attached hydrogens (tertiary/aromatic N) is 1. The molecule has 0 saturated carbocycles. The fourth-order valence-corrected chi connectivity index (χ4v) is 2.89. The van der Waals surface area contributed by atoms with E-state index in [0.717, 1.165) is 11.3 Å². The fraction of sp³-hybridized carbons (Fsp3) is 0.316. The Labute approximate surface area is 158 Å². The minimum absolute atomic E-state index is 0.162. The highest BCUT2D eigenvalue weighted by Crippen LogP contribution is 2.16. The van der Waals surface area contributed by atoms with Gasteiger partial charge in [0.15, 0.2) is 0 Å². The van der Waals surface area contributed by atoms with Crippen molar-refractivity contribution in [1.82, 2.24) is 5.32 Å². The van der Waals surface area contributed by atoms with Gasteiger partial charge in [-0.2, -0.15) is 0 Å². The van der Waals surface area contributed by atoms with Gasteiger partial charge < -0.3 is 15.3 Å². The van der Waals surface area contributed by atoms with Crippen LogP contribution in [0.2, 0.25) is 0 Å². The first kappa shape index (κ1) is 19.6. The summed E-state index contributed by atoms with van der Waals surface area (Å²) in [5, 5.41) is 12.9. The molecule has 0 aliphatic heterocycles. The number of aliphatic hydroxyl groups excluding tert-OH is 1. The van der Waals surface area contributed by atoms with Crippen LogP contribution in [0.25, 0.3) is 0 Å². The number of alkyl halides is 2. The van der Waals surface area contributed by atoms with Crippen LogP contribution in [0.4, 0.5) is 5.69 Å². The molecular weight excluding hydrogens is 359 g/mol. The van der Waals surface area contributed by atoms with Gasteiger partial charge in [-0.15, -0.1) is 23.2 Å². The van der Waals surface area contributed by atoms with Crippen LogP contribution in [0, 0.1) is 0 Å². The van der Waals surface area contributed by atoms with Gasteiger partial charge in [-0.3, -0.25) is 4.79 Å². The molecule has 134 valence electrons. The molecule has 0 saturated heterocycles. The number of hydrogen-bond donors (Lipinski definition) is 2. The Morgan fingerprint density at radius 1 is 1.00 bits per heavy atom. The number of nitrogens with one attached hydrogen (secondary N) is 1. The van der Waals surface area contributed by atoms with E-state index in [2.05, 4.69) is 10.2 Å². The molecule has 1 amide bonds. The summed E-state index contributed by atoms with van der Waals surface area (Å²) in [7, 11) is 0. The molecule has 2 aromatic carbocycles. The molecule has 0 radical (unpaired) electrons. The maximum atomic E-state index is 12.2. The molecule has 0 bridgehead atoms. The molecule has 6 heteroatoms. The normalized spacial score (nSPS) is 11.8. The summed E-state index contributed by atoms with van der Waals surface area (Å²) in [5.74, 6) is 0.801. The van der Waals surface area contributed by atoms with Crippen LogP contribution in [0.15, 0.2) is 54.6 Å². The lowest BCUT2D eigenvalue weighted by Crippen LogP contribution is -2.29. The first-order chi connectivity index (χ1) is 12.2. The average molecular weight is 381 g/mol. The van der Waals surface area contributed by atoms with Crippen LogP contribution in [0.3, 0.4) is 0 Å². The van der Waals surface area contributed by atoms with Gasteiger partial charge in [0.2, 0.25) is 0 Å². The van der Waals surface area contributed by atoms with Crippen molar-refractivity contribution in [3.8, 4) is 0 Å². The van der Waals surface area contributed by atoms with Crippen molar-refractivity contribution >= 4 is 34.8 Å². The average Bonchev–Trinajstić information content (AvgIpc) is 2.66. The highest BCUT2D eigenvalue weighted by Gasteiger charge is 2.11. The summed E-state index contributed by atoms with van der Waals surface area (Å²) < 4.78 is 0. The molecule has 2 N–H and O–H groups in total. The van der Waals surface area contributed by atoms with Crippen molar-refractivity contribution in [2.75, 3.05) is 36.3 Å². The number of anilines is 1. The topological polar surface area (TPSA) is 52.6 Å². The van der Waals surface area contributed by atoms with Crippen LogP contribution >= 0.6 is 23.2 Å². The summed E-state index contributed by atoms with van der Waals surface area (Å²) in [6, 6.07) is 16.5. The Kier molecular flexibility index (Phi) is 8.06. The number of aliphatic hydroxyl groups is 1. The molecule has 0 spiro atoms. The van der Waals surface area contributed by atoms with Crippen molar-refractivity contribution in [2.45, 2.75) is 6.10 Å². The Balaban J connectivity index is 1.93. The predicted molar refractivity (Wildman–Crippen MR) is 104 cm³/mol. The quantitative estimate of drug-likeness (QED) is 0.655. The van der Waals surface area contributed by atoms with Gasteiger partial charge >= 0.3 is 0 Å². The number of carbonyl (C=O) groups is 1. The Bertz CT molecular complexity index is 644. The van der Waals surface area contributed by atoms with E-state index in [9.17, 15) is 9.90 Å². The van der Waals surface area contributed by atoms with Gasteiger partial charge in [0.25, 0.3) is 5.91 Å². The smallest absolute Gasteiger partial charge is 0.251 e. The van der Waals surface area contributed by atoms with Crippen molar-refractivity contribution in [3.05, 3.63) is 65.7 Å². The summed E-state index contributed by atoms with van der Waals surface area (Å²) in [5.41, 5.74) is 2.29. The van der Waals surface area contributed by atoms with E-state index in [1.165, 1.54) is 0 Å². The number of hydrogen-bond acceptors (Lipinski definition) is 3. The second-order valence-corrected chi connectivity index (χ2v) is 6.30. The molecule has 0 aromatic heterocycles. The Morgan fingerprint density at radius 3 is 2.16 bits per heavy atom. The molecule has 4 nitrogen and oxygen atoms in total. The first-order valence-corrected chi connectivity index (χ1v) is 9.20. The van der Waals surface area contributed by atoms with E-state index in [0.29, 0.717) is 30.4 Å². The number of halogens is 2. The SMILES string of the molecule is O=C(NC[C@H](O)c1ccccc1)c1ccc(N(CCCl)CCCl)cc1. The molecule has 0 heterocycles. The highest BCUT2D eigenvalue weighted by atomic mass is 35.5. The van der Waals surface area contributed by atoms with Crippen LogP contribution in [-0.2, 0) is 0 Å². The summed E-state index contributed by atoms with van der Waals surface area (Å²) in [4.78, 5) is 14.3. The van der Waals surface area contributed by atoms with Crippen molar-refractivity contribution in [3.63, 3.8) is 0 Å². The Morgan fingerprint density at radius 2 is 1.60 bits per heavy atom. The van der Waals surface area contributed by atoms with Gasteiger partial charge in [-0.1, -0.05) is 30.3 Å². The van der Waals surface area contributed by atoms with E-state index in [4.69, 9.17) is 23.2 Å². The third-order valence-corrected chi connectivity index (χ3v) is 4.18. The zero-order valence-corrected chi connectivity index (χ0v) is 15.4. The fourth-order valence-electron chi connectivity index (χ4n) is 2.48. The van der Waals surface area contributed by atoms with E-state index >= 15 is 0 Å². The lowest BCUT2D eigenvalue weighted by molar-refractivity contribution is 0.0916. The predicted octanol–water partition coefficient (Wildman–Crippen LogP) is 3.43. The largest absolute Gasteiger partial charge is 0.387 e. The second kappa shape index (κ2) is 10.3. The summed E-state index contributed by atoms with van der Waals surface area (Å²) >= 11 is 11.6. The first-order valence-electron chi connectivity index (χ1n) is 8.14. The van der Waals surface area contributed by atoms with E-state index in [-0.39, 0.29) is 12.5 Å². The molecule has 0 unspecified atom stereocenters. The van der Waals surface area contributed by atoms with Gasteiger partial charge in [-0.05, 0) is 29.8 Å². The third kappa shape index (κ3) is 5.92. The van der Waals surface area contributed by atoms with Crippen LogP contribution in [0.5, 0.6) is 0 Å². The minimum Gasteiger partial charge on any atom is -0.387 e. The second-order valence-electron chi connectivity index (χ2n) is 5.55. The zero-order chi connectivity index (χ0) is 18.1. The molecule has 2 rings (SSSR count). The van der Waals surface area contributed by atoms with Crippen LogP contribution < -0.4 is 10.2 Å². The summed E-state index contributed by atoms with van der Waals surface area (Å²) in [6.07, 6.45) is -0.729. The molecular formula is C19H22Cl2N2O2. The number of benzene rings is 2. The van der Waals surface area contributed by atoms with E-state index in [1.54, 1.807) is 12.1 Å². The van der Waals surface area contributed by atoms with Crippen molar-refractivity contribution < 1.29 is 9.90 Å². The van der Waals surface area contributed by atoms with Gasteiger partial charge in [0.1, 0.15) is 0 Å². The van der Waals surface area contributed by atoms with Crippen LogP contribution in [0.1, 0.15) is 22.0 Å². The molecule has 25 heavy (non-hydrogen) atoms. The van der Waals surface area contributed by atoms with Gasteiger partial charge in [0.05, 0.1) is 6.10 Å². The highest BCUT2D eigenvalue weighted by molar-refractivity contribution is 6.18. The monoisotopic (exact) mass is 380 g/mol. The van der Waals surface area contributed by atoms with Gasteiger partial charge in [-0.25, -0.2) is 0 Å². The maximum Gasteiger partial charge on any atom is 0.251 e. The van der Waals surface area contributed by atoms with E-state index in [1.807, 2.05) is 42.5 Å². The zero-order valence-electron chi connectivity index (χ0n) is 13.9. The Hall–Kier alpha value is -1.75. The number of rotatable bonds is 9. The summed E-state index contributed by atoms with van der Waals surface area (Å²) in [6.45, 7) is 1.56. The lowest BCUT2D eigenvalue weighted by atomic mass is 10.1. The molecule has 0 aliphatic carbocycles. The van der Waals surface area contributed by atoms with Crippen molar-refractivity contribution in [1.29, 1.82) is 0 Å². The molecule has 2 aromatic rings. The standard InChI is InChI=1S/C19H22Cl2N2O2/c20-10-12-23(13-11-21)17-8-6-16(7-9-17)19(25)22-14-18(24)15-4-2-1-3-5-15/h1-9,18,24H,10-14H2,(H,22,25)/t18-/m0/s1. The molecule has 0 fully saturated rings. The molecule has 1 atom stereocenters. The molecule has 0 aliphatic rings. The minimum atomic E-state index is -0.729. The third-order valence-electron chi connectivity index (χ3n) is 3.84. The number of amides is 1. The lowest BCUT2D eigenvalue weighted by Gasteiger charge is -2.23.